The van der Waals surface area contributed by atoms with Gasteiger partial charge < -0.3 is 15.4 Å². The molecule has 1 atom stereocenters. The molecule has 0 fully saturated rings. The van der Waals surface area contributed by atoms with Crippen LogP contribution in [0.4, 0.5) is 15.8 Å². The Morgan fingerprint density at radius 3 is 2.12 bits per heavy atom. The highest BCUT2D eigenvalue weighted by Crippen LogP contribution is 2.15. The number of ether oxygens (including phenoxy) is 1. The van der Waals surface area contributed by atoms with Crippen molar-refractivity contribution in [1.82, 2.24) is 0 Å². The summed E-state index contributed by atoms with van der Waals surface area (Å²) in [7, 11) is 0. The number of halogens is 1. The summed E-state index contributed by atoms with van der Waals surface area (Å²) in [5.74, 6) is -2.03. The lowest BCUT2D eigenvalue weighted by molar-refractivity contribution is -0.123. The molecular weight excluding hydrogens is 339 g/mol. The molecule has 2 amide bonds. The first-order chi connectivity index (χ1) is 12.3. The lowest BCUT2D eigenvalue weighted by Crippen LogP contribution is -2.30. The predicted molar refractivity (Wildman–Crippen MR) is 95.4 cm³/mol. The molecule has 6 nitrogen and oxygen atoms in total. The van der Waals surface area contributed by atoms with E-state index in [1.165, 1.54) is 26.0 Å². The molecule has 0 unspecified atom stereocenters. The molecule has 0 saturated carbocycles. The summed E-state index contributed by atoms with van der Waals surface area (Å²) in [4.78, 5) is 35.1. The summed E-state index contributed by atoms with van der Waals surface area (Å²) in [6, 6.07) is 10.4. The summed E-state index contributed by atoms with van der Waals surface area (Å²) in [5, 5.41) is 5.21. The second-order valence-corrected chi connectivity index (χ2v) is 5.76. The van der Waals surface area contributed by atoms with Crippen molar-refractivity contribution in [3.63, 3.8) is 0 Å². The van der Waals surface area contributed by atoms with Gasteiger partial charge in [-0.3, -0.25) is 9.59 Å². The first-order valence-electron chi connectivity index (χ1n) is 7.92. The molecule has 0 aliphatic heterocycles. The molecule has 7 heteroatoms. The number of esters is 1. The predicted octanol–water partition coefficient (Wildman–Crippen LogP) is 3.28. The van der Waals surface area contributed by atoms with E-state index in [0.717, 1.165) is 6.07 Å². The number of amides is 2. The molecule has 2 rings (SSSR count). The van der Waals surface area contributed by atoms with Crippen LogP contribution in [0, 0.1) is 12.7 Å². The minimum atomic E-state index is -1.07. The average Bonchev–Trinajstić information content (AvgIpc) is 2.58. The molecule has 0 aliphatic carbocycles. The van der Waals surface area contributed by atoms with Crippen LogP contribution in [0.1, 0.15) is 29.8 Å². The Morgan fingerprint density at radius 2 is 1.58 bits per heavy atom. The molecular formula is C19H19FN2O4. The van der Waals surface area contributed by atoms with Crippen molar-refractivity contribution in [1.29, 1.82) is 0 Å². The molecule has 0 bridgehead atoms. The van der Waals surface area contributed by atoms with Crippen molar-refractivity contribution in [2.24, 2.45) is 0 Å². The standard InChI is InChI=1S/C19H19FN2O4/c1-11-4-5-14(10-17(11)20)19(25)26-12(2)18(24)22-16-8-6-15(7-9-16)21-13(3)23/h4-10,12H,1-3H3,(H,21,23)(H,22,24)/t12-/m0/s1. The zero-order valence-corrected chi connectivity index (χ0v) is 14.6. The minimum Gasteiger partial charge on any atom is -0.449 e. The Kier molecular flexibility index (Phi) is 6.06. The number of anilines is 2. The highest BCUT2D eigenvalue weighted by molar-refractivity contribution is 5.97. The fourth-order valence-electron chi connectivity index (χ4n) is 2.09. The van der Waals surface area contributed by atoms with Crippen molar-refractivity contribution < 1.29 is 23.5 Å². The summed E-state index contributed by atoms with van der Waals surface area (Å²) in [5.41, 5.74) is 1.52. The summed E-state index contributed by atoms with van der Waals surface area (Å²) >= 11 is 0. The van der Waals surface area contributed by atoms with Gasteiger partial charge in [0, 0.05) is 18.3 Å². The van der Waals surface area contributed by atoms with E-state index in [0.29, 0.717) is 16.9 Å². The first kappa shape index (κ1) is 19.1. The zero-order valence-electron chi connectivity index (χ0n) is 14.6. The van der Waals surface area contributed by atoms with E-state index in [1.807, 2.05) is 0 Å². The topological polar surface area (TPSA) is 84.5 Å². The van der Waals surface area contributed by atoms with Gasteiger partial charge in [0.25, 0.3) is 5.91 Å². The number of hydrogen-bond acceptors (Lipinski definition) is 4. The van der Waals surface area contributed by atoms with E-state index >= 15 is 0 Å². The van der Waals surface area contributed by atoms with Gasteiger partial charge in [0.15, 0.2) is 6.10 Å². The van der Waals surface area contributed by atoms with E-state index in [9.17, 15) is 18.8 Å². The molecule has 2 aromatic carbocycles. The van der Waals surface area contributed by atoms with Crippen molar-refractivity contribution in [2.45, 2.75) is 26.9 Å². The maximum Gasteiger partial charge on any atom is 0.339 e. The van der Waals surface area contributed by atoms with Crippen LogP contribution in [0.3, 0.4) is 0 Å². The van der Waals surface area contributed by atoms with Crippen LogP contribution in [0.5, 0.6) is 0 Å². The molecule has 136 valence electrons. The van der Waals surface area contributed by atoms with E-state index in [1.54, 1.807) is 31.2 Å². The molecule has 0 heterocycles. The number of aryl methyl sites for hydroxylation is 1. The fraction of sp³-hybridized carbons (Fsp3) is 0.211. The third-order valence-electron chi connectivity index (χ3n) is 3.53. The Balaban J connectivity index is 1.95. The highest BCUT2D eigenvalue weighted by atomic mass is 19.1. The molecule has 26 heavy (non-hydrogen) atoms. The second-order valence-electron chi connectivity index (χ2n) is 5.76. The SMILES string of the molecule is CC(=O)Nc1ccc(NC(=O)[C@H](C)OC(=O)c2ccc(C)c(F)c2)cc1. The van der Waals surface area contributed by atoms with Gasteiger partial charge in [-0.05, 0) is 55.8 Å². The Bertz CT molecular complexity index is 834. The Hall–Kier alpha value is -3.22. The molecule has 0 aliphatic rings. The van der Waals surface area contributed by atoms with Gasteiger partial charge in [-0.15, -0.1) is 0 Å². The van der Waals surface area contributed by atoms with Gasteiger partial charge >= 0.3 is 5.97 Å². The average molecular weight is 358 g/mol. The number of carbonyl (C=O) groups is 3. The summed E-state index contributed by atoms with van der Waals surface area (Å²) in [6.45, 7) is 4.40. The molecule has 0 saturated heterocycles. The van der Waals surface area contributed by atoms with Crippen LogP contribution < -0.4 is 10.6 Å². The van der Waals surface area contributed by atoms with Gasteiger partial charge in [-0.2, -0.15) is 0 Å². The van der Waals surface area contributed by atoms with E-state index in [-0.39, 0.29) is 11.5 Å². The van der Waals surface area contributed by atoms with Crippen LogP contribution in [0.15, 0.2) is 42.5 Å². The number of rotatable bonds is 5. The molecule has 2 N–H and O–H groups in total. The third-order valence-corrected chi connectivity index (χ3v) is 3.53. The van der Waals surface area contributed by atoms with Gasteiger partial charge in [-0.1, -0.05) is 6.07 Å². The second kappa shape index (κ2) is 8.24. The quantitative estimate of drug-likeness (QED) is 0.804. The van der Waals surface area contributed by atoms with Crippen molar-refractivity contribution >= 4 is 29.2 Å². The Labute approximate surface area is 150 Å². The third kappa shape index (κ3) is 5.14. The van der Waals surface area contributed by atoms with Crippen LogP contribution in [-0.2, 0) is 14.3 Å². The van der Waals surface area contributed by atoms with Crippen molar-refractivity contribution in [3.8, 4) is 0 Å². The number of carbonyl (C=O) groups excluding carboxylic acids is 3. The van der Waals surface area contributed by atoms with Gasteiger partial charge in [0.05, 0.1) is 5.56 Å². The maximum atomic E-state index is 13.5. The molecule has 0 radical (unpaired) electrons. The van der Waals surface area contributed by atoms with Crippen LogP contribution in [-0.4, -0.2) is 23.9 Å². The molecule has 0 aromatic heterocycles. The largest absolute Gasteiger partial charge is 0.449 e. The highest BCUT2D eigenvalue weighted by Gasteiger charge is 2.19. The summed E-state index contributed by atoms with van der Waals surface area (Å²) in [6.07, 6.45) is -1.07. The van der Waals surface area contributed by atoms with Crippen molar-refractivity contribution in [2.75, 3.05) is 10.6 Å². The number of benzene rings is 2. The van der Waals surface area contributed by atoms with Gasteiger partial charge in [0.2, 0.25) is 5.91 Å². The lowest BCUT2D eigenvalue weighted by atomic mass is 10.1. The monoisotopic (exact) mass is 358 g/mol. The van der Waals surface area contributed by atoms with Crippen LogP contribution >= 0.6 is 0 Å². The summed E-state index contributed by atoms with van der Waals surface area (Å²) < 4.78 is 18.6. The minimum absolute atomic E-state index is 0.0346. The van der Waals surface area contributed by atoms with Crippen LogP contribution in [0.25, 0.3) is 0 Å². The number of hydrogen-bond donors (Lipinski definition) is 2. The fourth-order valence-corrected chi connectivity index (χ4v) is 2.09. The smallest absolute Gasteiger partial charge is 0.339 e. The maximum absolute atomic E-state index is 13.5. The number of nitrogens with one attached hydrogen (secondary N) is 2. The van der Waals surface area contributed by atoms with Crippen molar-refractivity contribution in [3.05, 3.63) is 59.4 Å². The normalized spacial score (nSPS) is 11.4. The van der Waals surface area contributed by atoms with Gasteiger partial charge in [-0.25, -0.2) is 9.18 Å². The first-order valence-corrected chi connectivity index (χ1v) is 7.92. The van der Waals surface area contributed by atoms with Gasteiger partial charge in [0.1, 0.15) is 5.82 Å². The van der Waals surface area contributed by atoms with Crippen LogP contribution in [0.2, 0.25) is 0 Å². The van der Waals surface area contributed by atoms with E-state index < -0.39 is 23.8 Å². The lowest BCUT2D eigenvalue weighted by Gasteiger charge is -2.14. The zero-order chi connectivity index (χ0) is 19.3. The van der Waals surface area contributed by atoms with E-state index in [2.05, 4.69) is 10.6 Å². The van der Waals surface area contributed by atoms with E-state index in [4.69, 9.17) is 4.74 Å². The molecule has 0 spiro atoms. The molecule has 2 aromatic rings. The Morgan fingerprint density at radius 1 is 1.00 bits per heavy atom.